The zero-order chi connectivity index (χ0) is 14.0. The fourth-order valence-corrected chi connectivity index (χ4v) is 3.31. The molecule has 19 heavy (non-hydrogen) atoms. The third-order valence-corrected chi connectivity index (χ3v) is 4.22. The van der Waals surface area contributed by atoms with Crippen LogP contribution < -0.4 is 5.73 Å². The molecule has 0 aliphatic carbocycles. The van der Waals surface area contributed by atoms with Gasteiger partial charge in [0, 0.05) is 10.6 Å². The minimum absolute atomic E-state index is 0.201. The topological polar surface area (TPSA) is 26.0 Å². The Bertz CT molecular complexity index is 585. The average molecular weight is 275 g/mol. The quantitative estimate of drug-likeness (QED) is 0.653. The Morgan fingerprint density at radius 1 is 1.05 bits per heavy atom. The van der Waals surface area contributed by atoms with Crippen LogP contribution in [-0.2, 0) is 5.75 Å². The number of hydrogen-bond acceptors (Lipinski definition) is 2. The third-order valence-electron chi connectivity index (χ3n) is 3.20. The van der Waals surface area contributed by atoms with Gasteiger partial charge in [0.2, 0.25) is 0 Å². The van der Waals surface area contributed by atoms with E-state index in [1.807, 2.05) is 6.07 Å². The molecule has 0 radical (unpaired) electrons. The predicted octanol–water partition coefficient (Wildman–Crippen LogP) is 4.63. The lowest BCUT2D eigenvalue weighted by Gasteiger charge is -2.11. The highest BCUT2D eigenvalue weighted by atomic mass is 32.2. The number of nitrogens with two attached hydrogens (primary N) is 1. The van der Waals surface area contributed by atoms with Gasteiger partial charge >= 0.3 is 0 Å². The molecule has 0 bridgehead atoms. The van der Waals surface area contributed by atoms with Crippen LogP contribution >= 0.6 is 11.8 Å². The second kappa shape index (κ2) is 5.66. The minimum atomic E-state index is -0.345. The lowest BCUT2D eigenvalue weighted by atomic mass is 10.0. The summed E-state index contributed by atoms with van der Waals surface area (Å²) in [5.41, 5.74) is 10.9. The smallest absolute Gasteiger partial charge is 0.147 e. The van der Waals surface area contributed by atoms with Crippen LogP contribution in [0.2, 0.25) is 0 Å². The number of nitrogen functional groups attached to an aromatic ring is 1. The molecular formula is C16H18FNS. The molecule has 0 aromatic heterocycles. The van der Waals surface area contributed by atoms with Gasteiger partial charge in [0.15, 0.2) is 0 Å². The number of benzene rings is 2. The Hall–Kier alpha value is -1.48. The van der Waals surface area contributed by atoms with E-state index in [4.69, 9.17) is 5.73 Å². The first-order valence-corrected chi connectivity index (χ1v) is 7.20. The summed E-state index contributed by atoms with van der Waals surface area (Å²) in [6.07, 6.45) is 0. The fourth-order valence-electron chi connectivity index (χ4n) is 2.19. The van der Waals surface area contributed by atoms with E-state index in [1.54, 1.807) is 17.8 Å². The molecule has 0 heterocycles. The normalized spacial score (nSPS) is 10.7. The van der Waals surface area contributed by atoms with Gasteiger partial charge in [-0.2, -0.15) is 0 Å². The van der Waals surface area contributed by atoms with Gasteiger partial charge < -0.3 is 5.73 Å². The van der Waals surface area contributed by atoms with Crippen molar-refractivity contribution in [2.45, 2.75) is 31.4 Å². The molecule has 3 heteroatoms. The Kier molecular flexibility index (Phi) is 4.15. The van der Waals surface area contributed by atoms with E-state index >= 15 is 0 Å². The van der Waals surface area contributed by atoms with E-state index in [-0.39, 0.29) is 11.5 Å². The van der Waals surface area contributed by atoms with Gasteiger partial charge in [-0.05, 0) is 55.7 Å². The largest absolute Gasteiger partial charge is 0.396 e. The zero-order valence-electron chi connectivity index (χ0n) is 11.5. The second-order valence-corrected chi connectivity index (χ2v) is 5.90. The van der Waals surface area contributed by atoms with Crippen LogP contribution in [0.3, 0.4) is 0 Å². The van der Waals surface area contributed by atoms with Crippen molar-refractivity contribution < 1.29 is 4.39 Å². The van der Waals surface area contributed by atoms with Crippen LogP contribution in [0.15, 0.2) is 35.2 Å². The van der Waals surface area contributed by atoms with Crippen molar-refractivity contribution in [2.24, 2.45) is 0 Å². The molecule has 0 fully saturated rings. The lowest BCUT2D eigenvalue weighted by molar-refractivity contribution is 0.629. The maximum absolute atomic E-state index is 13.4. The lowest BCUT2D eigenvalue weighted by Crippen LogP contribution is -1.94. The zero-order valence-corrected chi connectivity index (χ0v) is 12.3. The van der Waals surface area contributed by atoms with E-state index < -0.39 is 0 Å². The van der Waals surface area contributed by atoms with Gasteiger partial charge in [-0.1, -0.05) is 17.7 Å². The van der Waals surface area contributed by atoms with Crippen molar-refractivity contribution in [1.29, 1.82) is 0 Å². The Morgan fingerprint density at radius 3 is 2.26 bits per heavy atom. The van der Waals surface area contributed by atoms with Crippen LogP contribution in [0.1, 0.15) is 22.3 Å². The number of halogens is 1. The maximum Gasteiger partial charge on any atom is 0.147 e. The van der Waals surface area contributed by atoms with Crippen LogP contribution in [0.5, 0.6) is 0 Å². The van der Waals surface area contributed by atoms with E-state index in [1.165, 1.54) is 28.3 Å². The molecular weight excluding hydrogens is 257 g/mol. The summed E-state index contributed by atoms with van der Waals surface area (Å²) < 4.78 is 13.4. The highest BCUT2D eigenvalue weighted by molar-refractivity contribution is 7.98. The average Bonchev–Trinajstić information content (AvgIpc) is 2.32. The van der Waals surface area contributed by atoms with Crippen LogP contribution in [0, 0.1) is 26.6 Å². The van der Waals surface area contributed by atoms with Crippen molar-refractivity contribution >= 4 is 17.4 Å². The number of aryl methyl sites for hydroxylation is 3. The molecule has 0 spiro atoms. The van der Waals surface area contributed by atoms with Gasteiger partial charge in [0.25, 0.3) is 0 Å². The van der Waals surface area contributed by atoms with Crippen molar-refractivity contribution in [1.82, 2.24) is 0 Å². The fraction of sp³-hybridized carbons (Fsp3) is 0.250. The van der Waals surface area contributed by atoms with Crippen LogP contribution in [-0.4, -0.2) is 0 Å². The van der Waals surface area contributed by atoms with Gasteiger partial charge in [-0.15, -0.1) is 11.8 Å². The molecule has 0 saturated heterocycles. The van der Waals surface area contributed by atoms with Crippen LogP contribution in [0.4, 0.5) is 10.1 Å². The summed E-state index contributed by atoms with van der Waals surface area (Å²) in [4.78, 5) is 0.908. The first kappa shape index (κ1) is 13.9. The summed E-state index contributed by atoms with van der Waals surface area (Å²) >= 11 is 1.64. The Labute approximate surface area is 118 Å². The number of anilines is 1. The summed E-state index contributed by atoms with van der Waals surface area (Å²) in [6.45, 7) is 6.35. The summed E-state index contributed by atoms with van der Waals surface area (Å²) in [5.74, 6) is 0.503. The molecule has 2 aromatic rings. The monoisotopic (exact) mass is 275 g/mol. The molecule has 2 aromatic carbocycles. The molecule has 1 nitrogen and oxygen atoms in total. The third kappa shape index (κ3) is 3.29. The molecule has 0 atom stereocenters. The standard InChI is InChI=1S/C16H18FNS/c1-10-6-11(2)14(12(3)7-10)9-19-13-4-5-16(18)15(17)8-13/h4-8H,9,18H2,1-3H3. The van der Waals surface area contributed by atoms with Crippen molar-refractivity contribution in [3.05, 3.63) is 58.4 Å². The molecule has 0 unspecified atom stereocenters. The molecule has 0 saturated carbocycles. The highest BCUT2D eigenvalue weighted by Crippen LogP contribution is 2.28. The molecule has 100 valence electrons. The number of rotatable bonds is 3. The summed E-state index contributed by atoms with van der Waals surface area (Å²) in [7, 11) is 0. The van der Waals surface area contributed by atoms with E-state index in [9.17, 15) is 4.39 Å². The van der Waals surface area contributed by atoms with Crippen molar-refractivity contribution in [2.75, 3.05) is 5.73 Å². The second-order valence-electron chi connectivity index (χ2n) is 4.85. The summed E-state index contributed by atoms with van der Waals surface area (Å²) in [5, 5.41) is 0. The number of hydrogen-bond donors (Lipinski definition) is 1. The van der Waals surface area contributed by atoms with Gasteiger partial charge in [0.1, 0.15) is 5.82 Å². The van der Waals surface area contributed by atoms with E-state index in [2.05, 4.69) is 32.9 Å². The van der Waals surface area contributed by atoms with Gasteiger partial charge in [0.05, 0.1) is 5.69 Å². The Morgan fingerprint density at radius 2 is 1.68 bits per heavy atom. The predicted molar refractivity (Wildman–Crippen MR) is 81.0 cm³/mol. The van der Waals surface area contributed by atoms with Crippen LogP contribution in [0.25, 0.3) is 0 Å². The maximum atomic E-state index is 13.4. The molecule has 0 aliphatic heterocycles. The highest BCUT2D eigenvalue weighted by Gasteiger charge is 2.06. The van der Waals surface area contributed by atoms with Gasteiger partial charge in [-0.25, -0.2) is 4.39 Å². The van der Waals surface area contributed by atoms with E-state index in [0.717, 1.165) is 10.6 Å². The number of thioether (sulfide) groups is 1. The van der Waals surface area contributed by atoms with Crippen molar-refractivity contribution in [3.63, 3.8) is 0 Å². The minimum Gasteiger partial charge on any atom is -0.396 e. The molecule has 0 amide bonds. The summed E-state index contributed by atoms with van der Waals surface area (Å²) in [6, 6.07) is 9.35. The van der Waals surface area contributed by atoms with Gasteiger partial charge in [-0.3, -0.25) is 0 Å². The first-order chi connectivity index (χ1) is 8.97. The van der Waals surface area contributed by atoms with E-state index in [0.29, 0.717) is 0 Å². The first-order valence-electron chi connectivity index (χ1n) is 6.22. The SMILES string of the molecule is Cc1cc(C)c(CSc2ccc(N)c(F)c2)c(C)c1. The molecule has 2 rings (SSSR count). The Balaban J connectivity index is 2.16. The van der Waals surface area contributed by atoms with Crippen molar-refractivity contribution in [3.8, 4) is 0 Å². The molecule has 0 aliphatic rings. The molecule has 2 N–H and O–H groups in total.